The fourth-order valence-corrected chi connectivity index (χ4v) is 17.3. The van der Waals surface area contributed by atoms with Crippen molar-refractivity contribution in [3.05, 3.63) is 232 Å². The van der Waals surface area contributed by atoms with Gasteiger partial charge >= 0.3 is 619 Å². The topological polar surface area (TPSA) is 8.17 Å². The Morgan fingerprint density at radius 1 is 0.310 bits per heavy atom. The second kappa shape index (κ2) is 24.0. The van der Waals surface area contributed by atoms with Gasteiger partial charge in [0.15, 0.2) is 0 Å². The Labute approximate surface area is 614 Å². The van der Waals surface area contributed by atoms with Gasteiger partial charge in [0, 0.05) is 0 Å². The van der Waals surface area contributed by atoms with Crippen molar-refractivity contribution in [2.45, 2.75) is 236 Å². The van der Waals surface area contributed by atoms with E-state index in [2.05, 4.69) is 354 Å². The summed E-state index contributed by atoms with van der Waals surface area (Å²) >= 11 is -0.261. The summed E-state index contributed by atoms with van der Waals surface area (Å²) in [6.45, 7) is 62.5. The third kappa shape index (κ3) is 13.1. The number of hydrogen-bond donors (Lipinski definition) is 0. The maximum atomic E-state index is 10.1. The van der Waals surface area contributed by atoms with E-state index in [1.807, 2.05) is 0 Å². The van der Waals surface area contributed by atoms with Crippen LogP contribution in [-0.2, 0) is 48.7 Å². The standard InChI is InChI=1S/C96H111BN2Se/c1-88(2,3)64-37-39-81-77(55-64)76-31-28-29-34-80(76)98(81)73-56-83-86-85(57-73)100-84-40-36-59(61-43-67(91(10,11)12)52-68(44-61)92(13,14)15)50-79(84)97(86)78-49-58(60-41-65(89(4,5)6)51-66(42-60)90(7,8)9)35-38-82(78)99(83)87-74(62-45-69(93(16,17)18)53-70(46-62)94(19,20)21)32-30-33-75(87)63-47-71(95(22,23)24)54-72(48-63)96(25,26)27/h28-57H,1-27H3/i28D,29D,31D,34D. The van der Waals surface area contributed by atoms with Gasteiger partial charge in [-0.2, -0.15) is 0 Å². The second-order valence-electron chi connectivity index (χ2n) is 38.7. The first-order valence-electron chi connectivity index (χ1n) is 38.7. The van der Waals surface area contributed by atoms with Crippen LogP contribution in [0.15, 0.2) is 182 Å². The van der Waals surface area contributed by atoms with Crippen LogP contribution >= 0.6 is 0 Å². The van der Waals surface area contributed by atoms with Gasteiger partial charge in [0.2, 0.25) is 0 Å². The molecule has 0 atom stereocenters. The van der Waals surface area contributed by atoms with Crippen molar-refractivity contribution >= 4 is 85.8 Å². The molecule has 0 unspecified atom stereocenters. The summed E-state index contributed by atoms with van der Waals surface area (Å²) in [7, 11) is 0. The quantitative estimate of drug-likeness (QED) is 0.151. The number of fused-ring (bicyclic) bond motifs is 7. The molecule has 0 saturated heterocycles. The van der Waals surface area contributed by atoms with E-state index in [4.69, 9.17) is 0 Å². The first kappa shape index (κ1) is 65.7. The molecule has 0 radical (unpaired) electrons. The van der Waals surface area contributed by atoms with E-state index in [1.165, 1.54) is 92.1 Å². The monoisotopic (exact) mass is 1390 g/mol. The van der Waals surface area contributed by atoms with Crippen LogP contribution in [0.2, 0.25) is 0 Å². The van der Waals surface area contributed by atoms with Gasteiger partial charge < -0.3 is 0 Å². The van der Waals surface area contributed by atoms with Gasteiger partial charge in [0.1, 0.15) is 0 Å². The van der Waals surface area contributed by atoms with E-state index in [1.54, 1.807) is 0 Å². The summed E-state index contributed by atoms with van der Waals surface area (Å²) in [5.74, 6) is 0. The molecule has 3 heterocycles. The summed E-state index contributed by atoms with van der Waals surface area (Å²) in [5.41, 5.74) is 28.7. The first-order valence-corrected chi connectivity index (χ1v) is 38.4. The van der Waals surface area contributed by atoms with Crippen LogP contribution < -0.4 is 30.2 Å². The van der Waals surface area contributed by atoms with Crippen molar-refractivity contribution in [1.82, 2.24) is 4.57 Å². The zero-order chi connectivity index (χ0) is 76.0. The number of nitrogens with zero attached hydrogens (tertiary/aromatic N) is 2. The second-order valence-corrected chi connectivity index (χ2v) is 41.0. The number of anilines is 3. The normalized spacial score (nSPS) is 14.6. The van der Waals surface area contributed by atoms with Crippen LogP contribution in [-0.4, -0.2) is 26.2 Å². The Bertz CT molecular complexity index is 5120. The Hall–Kier alpha value is -7.62. The number of benzene rings is 10. The molecule has 0 N–H and O–H groups in total. The molecular weight excluding hydrogens is 1270 g/mol. The summed E-state index contributed by atoms with van der Waals surface area (Å²) in [6, 6.07) is 62.2. The van der Waals surface area contributed by atoms with Crippen LogP contribution in [0.5, 0.6) is 0 Å². The first-order chi connectivity index (χ1) is 47.9. The molecule has 0 bridgehead atoms. The van der Waals surface area contributed by atoms with Crippen molar-refractivity contribution in [3.8, 4) is 50.2 Å². The predicted octanol–water partition coefficient (Wildman–Crippen LogP) is 23.4. The van der Waals surface area contributed by atoms with Gasteiger partial charge in [-0.15, -0.1) is 0 Å². The Balaban J connectivity index is 1.25. The number of para-hydroxylation sites is 2. The summed E-state index contributed by atoms with van der Waals surface area (Å²) < 4.78 is 43.4. The van der Waals surface area contributed by atoms with Gasteiger partial charge in [-0.1, -0.05) is 0 Å². The number of hydrogen-bond acceptors (Lipinski definition) is 1. The molecule has 514 valence electrons. The van der Waals surface area contributed by atoms with E-state index in [0.717, 1.165) is 61.5 Å². The van der Waals surface area contributed by atoms with Gasteiger partial charge in [-0.25, -0.2) is 0 Å². The van der Waals surface area contributed by atoms with Crippen LogP contribution in [0, 0.1) is 0 Å². The summed E-state index contributed by atoms with van der Waals surface area (Å²) in [5, 5.41) is 1.34. The molecule has 1 aromatic heterocycles. The summed E-state index contributed by atoms with van der Waals surface area (Å²) in [4.78, 5) is 2.67. The fourth-order valence-electron chi connectivity index (χ4n) is 14.8. The van der Waals surface area contributed by atoms with Crippen molar-refractivity contribution < 1.29 is 5.48 Å². The zero-order valence-corrected chi connectivity index (χ0v) is 67.1. The van der Waals surface area contributed by atoms with Crippen molar-refractivity contribution in [3.63, 3.8) is 0 Å². The Kier molecular flexibility index (Phi) is 15.8. The molecule has 4 heteroatoms. The van der Waals surface area contributed by atoms with Crippen molar-refractivity contribution in [2.24, 2.45) is 0 Å². The third-order valence-corrected chi connectivity index (χ3v) is 23.9. The van der Waals surface area contributed by atoms with Gasteiger partial charge in [-0.05, 0) is 0 Å². The molecule has 0 spiro atoms. The molecule has 13 rings (SSSR count). The average molecular weight is 1390 g/mol. The van der Waals surface area contributed by atoms with Gasteiger partial charge in [0.25, 0.3) is 0 Å². The van der Waals surface area contributed by atoms with E-state index in [-0.39, 0.29) is 94.6 Å². The molecule has 0 fully saturated rings. The molecule has 0 saturated carbocycles. The van der Waals surface area contributed by atoms with Crippen LogP contribution in [0.3, 0.4) is 0 Å². The van der Waals surface area contributed by atoms with E-state index in [0.29, 0.717) is 10.9 Å². The van der Waals surface area contributed by atoms with Crippen LogP contribution in [0.1, 0.15) is 242 Å². The van der Waals surface area contributed by atoms with Gasteiger partial charge in [0.05, 0.1) is 0 Å². The molecule has 10 aromatic carbocycles. The number of aromatic nitrogens is 1. The number of rotatable bonds is 6. The molecule has 100 heavy (non-hydrogen) atoms. The minimum atomic E-state index is -0.261. The van der Waals surface area contributed by atoms with Crippen molar-refractivity contribution in [1.29, 1.82) is 0 Å². The Morgan fingerprint density at radius 2 is 0.710 bits per heavy atom. The molecule has 0 aliphatic carbocycles. The molecule has 2 aliphatic heterocycles. The average Bonchev–Trinajstić information content (AvgIpc) is 0.993. The van der Waals surface area contributed by atoms with E-state index >= 15 is 0 Å². The van der Waals surface area contributed by atoms with E-state index in [9.17, 15) is 5.48 Å². The minimum absolute atomic E-state index is 0.0291. The molecular formula is C96H111BN2Se. The molecule has 2 aliphatic rings. The molecule has 2 nitrogen and oxygen atoms in total. The van der Waals surface area contributed by atoms with Crippen molar-refractivity contribution in [2.75, 3.05) is 4.90 Å². The zero-order valence-electron chi connectivity index (χ0n) is 69.4. The van der Waals surface area contributed by atoms with Crippen LogP contribution in [0.4, 0.5) is 17.1 Å². The summed E-state index contributed by atoms with van der Waals surface area (Å²) in [6.07, 6.45) is 0. The predicted molar refractivity (Wildman–Crippen MR) is 442 cm³/mol. The van der Waals surface area contributed by atoms with E-state index < -0.39 is 0 Å². The van der Waals surface area contributed by atoms with Crippen LogP contribution in [0.25, 0.3) is 72.0 Å². The SMILES string of the molecule is [2H]c1c([2H])c([2H])c2c(c1[2H])c1cc(C(C)(C)C)ccc1n2-c1cc2c3c(c1)N(c1c(-c4cc(C(C)(C)C)cc(C(C)(C)C)c4)cccc1-c1cc(C(C)(C)C)cc(C(C)(C)C)c1)c1ccc(-c4cc(C(C)(C)C)cc(C(C)(C)C)c4)cc1B3c1cc(-c3cc(C(C)(C)C)cc(C(C)(C)C)c3)ccc1[Se]2. The van der Waals surface area contributed by atoms with Gasteiger partial charge in [-0.3, -0.25) is 0 Å². The molecule has 11 aromatic rings. The Morgan fingerprint density at radius 3 is 1.14 bits per heavy atom. The maximum absolute atomic E-state index is 10.1. The third-order valence-electron chi connectivity index (χ3n) is 21.5. The fraction of sp³-hybridized carbons (Fsp3) is 0.375. The molecule has 0 amide bonds.